The highest BCUT2D eigenvalue weighted by Crippen LogP contribution is 2.29. The van der Waals surface area contributed by atoms with E-state index in [4.69, 9.17) is 16.3 Å². The molecular weight excluding hydrogens is 345 g/mol. The van der Waals surface area contributed by atoms with Crippen molar-refractivity contribution in [3.8, 4) is 0 Å². The number of morpholine rings is 1. The van der Waals surface area contributed by atoms with Crippen LogP contribution in [0.5, 0.6) is 0 Å². The number of carbonyl (C=O) groups excluding carboxylic acids is 1. The van der Waals surface area contributed by atoms with Gasteiger partial charge in [0.25, 0.3) is 0 Å². The van der Waals surface area contributed by atoms with Crippen molar-refractivity contribution in [1.82, 2.24) is 0 Å². The van der Waals surface area contributed by atoms with Crippen molar-refractivity contribution in [3.05, 3.63) is 53.3 Å². The molecule has 1 saturated heterocycles. The van der Waals surface area contributed by atoms with E-state index in [1.807, 2.05) is 12.1 Å². The minimum atomic E-state index is -0.465. The van der Waals surface area contributed by atoms with Gasteiger partial charge < -0.3 is 20.3 Å². The molecule has 0 aliphatic carbocycles. The predicted molar refractivity (Wildman–Crippen MR) is 98.0 cm³/mol. The molecule has 2 N–H and O–H groups in total. The fourth-order valence-corrected chi connectivity index (χ4v) is 2.83. The number of para-hydroxylation sites is 1. The number of hydrogen-bond acceptors (Lipinski definition) is 4. The number of benzene rings is 2. The summed E-state index contributed by atoms with van der Waals surface area (Å²) in [5, 5.41) is 6.22. The molecule has 132 valence electrons. The van der Waals surface area contributed by atoms with E-state index in [1.54, 1.807) is 18.2 Å². The molecule has 1 aliphatic heterocycles. The zero-order valence-corrected chi connectivity index (χ0v) is 14.4. The largest absolute Gasteiger partial charge is 0.378 e. The SMILES string of the molecule is O=C(CNc1cc(Cl)ccc1N1CCOCC1)Nc1ccccc1F. The summed E-state index contributed by atoms with van der Waals surface area (Å²) >= 11 is 6.09. The summed E-state index contributed by atoms with van der Waals surface area (Å²) in [7, 11) is 0. The number of anilines is 3. The highest BCUT2D eigenvalue weighted by molar-refractivity contribution is 6.31. The van der Waals surface area contributed by atoms with Gasteiger partial charge >= 0.3 is 0 Å². The fraction of sp³-hybridized carbons (Fsp3) is 0.278. The van der Waals surface area contributed by atoms with Gasteiger partial charge in [0.05, 0.1) is 36.8 Å². The van der Waals surface area contributed by atoms with Gasteiger partial charge in [0, 0.05) is 18.1 Å². The van der Waals surface area contributed by atoms with E-state index in [1.165, 1.54) is 12.1 Å². The van der Waals surface area contributed by atoms with Crippen LogP contribution in [0, 0.1) is 5.82 Å². The molecule has 0 spiro atoms. The van der Waals surface area contributed by atoms with Gasteiger partial charge in [-0.15, -0.1) is 0 Å². The van der Waals surface area contributed by atoms with Crippen molar-refractivity contribution in [1.29, 1.82) is 0 Å². The van der Waals surface area contributed by atoms with Crippen molar-refractivity contribution >= 4 is 34.6 Å². The van der Waals surface area contributed by atoms with Crippen LogP contribution in [0.15, 0.2) is 42.5 Å². The summed E-state index contributed by atoms with van der Waals surface area (Å²) in [6.45, 7) is 2.88. The standard InChI is InChI=1S/C18H19ClFN3O2/c19-13-5-6-17(23-7-9-25-10-8-23)16(11-13)21-12-18(24)22-15-4-2-1-3-14(15)20/h1-6,11,21H,7-10,12H2,(H,22,24). The summed E-state index contributed by atoms with van der Waals surface area (Å²) in [6, 6.07) is 11.6. The second-order valence-corrected chi connectivity index (χ2v) is 6.08. The molecule has 0 atom stereocenters. The van der Waals surface area contributed by atoms with Crippen molar-refractivity contribution in [2.75, 3.05) is 48.4 Å². The molecular formula is C18H19ClFN3O2. The van der Waals surface area contributed by atoms with Crippen LogP contribution in [0.4, 0.5) is 21.5 Å². The van der Waals surface area contributed by atoms with Gasteiger partial charge in [-0.05, 0) is 30.3 Å². The van der Waals surface area contributed by atoms with Crippen LogP contribution in [0.2, 0.25) is 5.02 Å². The molecule has 3 rings (SSSR count). The third-order valence-electron chi connectivity index (χ3n) is 3.90. The smallest absolute Gasteiger partial charge is 0.243 e. The number of nitrogens with one attached hydrogen (secondary N) is 2. The average molecular weight is 364 g/mol. The zero-order chi connectivity index (χ0) is 17.6. The van der Waals surface area contributed by atoms with Crippen LogP contribution in [0.25, 0.3) is 0 Å². The molecule has 1 amide bonds. The maximum absolute atomic E-state index is 13.6. The van der Waals surface area contributed by atoms with Gasteiger partial charge in [-0.1, -0.05) is 23.7 Å². The Kier molecular flexibility index (Phi) is 5.73. The molecule has 1 heterocycles. The van der Waals surface area contributed by atoms with Crippen molar-refractivity contribution in [2.45, 2.75) is 0 Å². The van der Waals surface area contributed by atoms with Gasteiger partial charge in [-0.25, -0.2) is 4.39 Å². The molecule has 2 aromatic carbocycles. The van der Waals surface area contributed by atoms with Gasteiger partial charge in [-0.3, -0.25) is 4.79 Å². The number of rotatable bonds is 5. The number of halogens is 2. The number of nitrogens with zero attached hydrogens (tertiary/aromatic N) is 1. The van der Waals surface area contributed by atoms with E-state index >= 15 is 0 Å². The van der Waals surface area contributed by atoms with E-state index in [-0.39, 0.29) is 18.1 Å². The van der Waals surface area contributed by atoms with Crippen LogP contribution in [-0.2, 0) is 9.53 Å². The minimum absolute atomic E-state index is 0.00597. The molecule has 0 saturated carbocycles. The van der Waals surface area contributed by atoms with Crippen molar-refractivity contribution < 1.29 is 13.9 Å². The first-order chi connectivity index (χ1) is 12.1. The second-order valence-electron chi connectivity index (χ2n) is 5.64. The molecule has 0 radical (unpaired) electrons. The van der Waals surface area contributed by atoms with E-state index in [0.717, 1.165) is 24.5 Å². The molecule has 5 nitrogen and oxygen atoms in total. The molecule has 1 fully saturated rings. The Morgan fingerprint density at radius 3 is 2.68 bits per heavy atom. The quantitative estimate of drug-likeness (QED) is 0.855. The second kappa shape index (κ2) is 8.18. The van der Waals surface area contributed by atoms with Gasteiger partial charge in [0.1, 0.15) is 5.82 Å². The molecule has 25 heavy (non-hydrogen) atoms. The summed E-state index contributed by atoms with van der Waals surface area (Å²) in [4.78, 5) is 14.3. The fourth-order valence-electron chi connectivity index (χ4n) is 2.66. The molecule has 0 unspecified atom stereocenters. The topological polar surface area (TPSA) is 53.6 Å². The normalized spacial score (nSPS) is 14.2. The average Bonchev–Trinajstić information content (AvgIpc) is 2.63. The Hall–Kier alpha value is -2.31. The lowest BCUT2D eigenvalue weighted by Gasteiger charge is -2.30. The molecule has 1 aliphatic rings. The van der Waals surface area contributed by atoms with Crippen LogP contribution in [-0.4, -0.2) is 38.8 Å². The molecule has 7 heteroatoms. The number of hydrogen-bond donors (Lipinski definition) is 2. The minimum Gasteiger partial charge on any atom is -0.378 e. The van der Waals surface area contributed by atoms with Crippen LogP contribution in [0.1, 0.15) is 0 Å². The van der Waals surface area contributed by atoms with Crippen molar-refractivity contribution in [3.63, 3.8) is 0 Å². The Bertz CT molecular complexity index is 751. The van der Waals surface area contributed by atoms with Gasteiger partial charge in [0.15, 0.2) is 0 Å². The first-order valence-electron chi connectivity index (χ1n) is 8.04. The van der Waals surface area contributed by atoms with Gasteiger partial charge in [-0.2, -0.15) is 0 Å². The Labute approximate surface area is 150 Å². The Balaban J connectivity index is 1.66. The highest BCUT2D eigenvalue weighted by atomic mass is 35.5. The number of ether oxygens (including phenoxy) is 1. The summed E-state index contributed by atoms with van der Waals surface area (Å²) < 4.78 is 19.0. The summed E-state index contributed by atoms with van der Waals surface area (Å²) in [5.41, 5.74) is 1.89. The van der Waals surface area contributed by atoms with Crippen LogP contribution >= 0.6 is 11.6 Å². The van der Waals surface area contributed by atoms with E-state index in [2.05, 4.69) is 15.5 Å². The van der Waals surface area contributed by atoms with Crippen molar-refractivity contribution in [2.24, 2.45) is 0 Å². The first kappa shape index (κ1) is 17.5. The first-order valence-corrected chi connectivity index (χ1v) is 8.42. The predicted octanol–water partition coefficient (Wildman–Crippen LogP) is 3.37. The molecule has 0 aromatic heterocycles. The highest BCUT2D eigenvalue weighted by Gasteiger charge is 2.16. The van der Waals surface area contributed by atoms with Crippen LogP contribution in [0.3, 0.4) is 0 Å². The number of carbonyl (C=O) groups is 1. The maximum Gasteiger partial charge on any atom is 0.243 e. The lowest BCUT2D eigenvalue weighted by atomic mass is 10.2. The zero-order valence-electron chi connectivity index (χ0n) is 13.6. The number of amides is 1. The summed E-state index contributed by atoms with van der Waals surface area (Å²) in [6.07, 6.45) is 0. The van der Waals surface area contributed by atoms with Gasteiger partial charge in [0.2, 0.25) is 5.91 Å². The lowest BCUT2D eigenvalue weighted by Crippen LogP contribution is -2.36. The van der Waals surface area contributed by atoms with E-state index in [9.17, 15) is 9.18 Å². The van der Waals surface area contributed by atoms with E-state index < -0.39 is 5.82 Å². The third-order valence-corrected chi connectivity index (χ3v) is 4.13. The summed E-state index contributed by atoms with van der Waals surface area (Å²) in [5.74, 6) is -0.800. The van der Waals surface area contributed by atoms with E-state index in [0.29, 0.717) is 18.2 Å². The molecule has 0 bridgehead atoms. The lowest BCUT2D eigenvalue weighted by molar-refractivity contribution is -0.114. The monoisotopic (exact) mass is 363 g/mol. The Morgan fingerprint density at radius 2 is 1.92 bits per heavy atom. The Morgan fingerprint density at radius 1 is 1.16 bits per heavy atom. The molecule has 2 aromatic rings. The maximum atomic E-state index is 13.6. The van der Waals surface area contributed by atoms with Crippen LogP contribution < -0.4 is 15.5 Å². The third kappa shape index (κ3) is 4.61.